The molecule has 0 saturated carbocycles. The summed E-state index contributed by atoms with van der Waals surface area (Å²) in [5.74, 6) is -0.419. The number of hydrogen-bond acceptors (Lipinski definition) is 3. The van der Waals surface area contributed by atoms with E-state index in [2.05, 4.69) is 6.58 Å². The molecule has 2 rings (SSSR count). The van der Waals surface area contributed by atoms with Gasteiger partial charge in [-0.15, -0.1) is 0 Å². The normalized spacial score (nSPS) is 10.4. The molecule has 0 aliphatic rings. The molecule has 0 aromatic heterocycles. The average molecular weight is 256 g/mol. The van der Waals surface area contributed by atoms with E-state index >= 15 is 0 Å². The lowest BCUT2D eigenvalue weighted by atomic mass is 10.00. The van der Waals surface area contributed by atoms with Gasteiger partial charge in [-0.3, -0.25) is 0 Å². The van der Waals surface area contributed by atoms with Gasteiger partial charge in [0.15, 0.2) is 0 Å². The van der Waals surface area contributed by atoms with Crippen molar-refractivity contribution in [1.82, 2.24) is 0 Å². The van der Waals surface area contributed by atoms with Gasteiger partial charge in [0.05, 0.1) is 6.61 Å². The smallest absolute Gasteiger partial charge is 0.333 e. The van der Waals surface area contributed by atoms with Crippen molar-refractivity contribution in [2.24, 2.45) is 0 Å². The van der Waals surface area contributed by atoms with Crippen molar-refractivity contribution in [3.05, 3.63) is 59.7 Å². The van der Waals surface area contributed by atoms with Crippen LogP contribution in [0.25, 0.3) is 10.8 Å². The third kappa shape index (κ3) is 2.83. The molecule has 0 spiro atoms. The van der Waals surface area contributed by atoms with Gasteiger partial charge in [0, 0.05) is 5.57 Å². The highest BCUT2D eigenvalue weighted by molar-refractivity contribution is 5.88. The highest BCUT2D eigenvalue weighted by Crippen LogP contribution is 2.23. The molecule has 2 aromatic carbocycles. The summed E-state index contributed by atoms with van der Waals surface area (Å²) in [5.41, 5.74) is 1.98. The number of fused-ring (bicyclic) bond motifs is 1. The molecule has 3 heteroatoms. The molecule has 0 heterocycles. The molecule has 0 amide bonds. The Morgan fingerprint density at radius 1 is 1.26 bits per heavy atom. The molecule has 0 aliphatic carbocycles. The molecular formula is C16H16O3. The summed E-state index contributed by atoms with van der Waals surface area (Å²) in [4.78, 5) is 11.4. The van der Waals surface area contributed by atoms with Crippen molar-refractivity contribution >= 4 is 16.7 Å². The monoisotopic (exact) mass is 256 g/mol. The van der Waals surface area contributed by atoms with Crippen LogP contribution >= 0.6 is 0 Å². The van der Waals surface area contributed by atoms with Crippen molar-refractivity contribution in [1.29, 1.82) is 0 Å². The van der Waals surface area contributed by atoms with Gasteiger partial charge in [0.1, 0.15) is 6.61 Å². The number of hydrogen-bond donors (Lipinski definition) is 1. The van der Waals surface area contributed by atoms with Crippen LogP contribution in [-0.2, 0) is 22.7 Å². The van der Waals surface area contributed by atoms with Gasteiger partial charge in [0.25, 0.3) is 0 Å². The minimum atomic E-state index is -0.419. The third-order valence-corrected chi connectivity index (χ3v) is 3.00. The fraction of sp³-hybridized carbons (Fsp3) is 0.188. The third-order valence-electron chi connectivity index (χ3n) is 3.00. The maximum Gasteiger partial charge on any atom is 0.333 e. The Hall–Kier alpha value is -2.13. The summed E-state index contributed by atoms with van der Waals surface area (Å²) >= 11 is 0. The van der Waals surface area contributed by atoms with E-state index in [9.17, 15) is 9.90 Å². The predicted molar refractivity (Wildman–Crippen MR) is 74.5 cm³/mol. The lowest BCUT2D eigenvalue weighted by Crippen LogP contribution is -2.06. The number of esters is 1. The molecule has 0 fully saturated rings. The first-order chi connectivity index (χ1) is 9.13. The Morgan fingerprint density at radius 3 is 2.68 bits per heavy atom. The van der Waals surface area contributed by atoms with Gasteiger partial charge in [-0.1, -0.05) is 43.0 Å². The Labute approximate surface area is 112 Å². The molecule has 19 heavy (non-hydrogen) atoms. The summed E-state index contributed by atoms with van der Waals surface area (Å²) in [7, 11) is 0. The molecule has 98 valence electrons. The van der Waals surface area contributed by atoms with Crippen molar-refractivity contribution in [3.8, 4) is 0 Å². The van der Waals surface area contributed by atoms with Crippen LogP contribution in [0.2, 0.25) is 0 Å². The number of benzene rings is 2. The van der Waals surface area contributed by atoms with Gasteiger partial charge in [0.2, 0.25) is 0 Å². The Morgan fingerprint density at radius 2 is 2.00 bits per heavy atom. The van der Waals surface area contributed by atoms with E-state index in [1.807, 2.05) is 36.4 Å². The summed E-state index contributed by atoms with van der Waals surface area (Å²) in [6, 6.07) is 11.6. The Kier molecular flexibility index (Phi) is 3.97. The second kappa shape index (κ2) is 5.67. The van der Waals surface area contributed by atoms with Crippen LogP contribution in [0.1, 0.15) is 18.1 Å². The highest BCUT2D eigenvalue weighted by atomic mass is 16.5. The minimum Gasteiger partial charge on any atom is -0.457 e. The highest BCUT2D eigenvalue weighted by Gasteiger charge is 2.09. The standard InChI is InChI=1S/C16H16O3/c1-11(2)16(18)19-10-13-8-7-12-5-3-4-6-14(12)15(13)9-17/h3-8,17H,1,9-10H2,2H3. The number of carbonyl (C=O) groups excluding carboxylic acids is 1. The van der Waals surface area contributed by atoms with Crippen LogP contribution in [0.5, 0.6) is 0 Å². The van der Waals surface area contributed by atoms with Crippen LogP contribution in [0.15, 0.2) is 48.6 Å². The molecule has 2 aromatic rings. The fourth-order valence-corrected chi connectivity index (χ4v) is 1.97. The lowest BCUT2D eigenvalue weighted by molar-refractivity contribution is -0.140. The van der Waals surface area contributed by atoms with E-state index in [1.165, 1.54) is 0 Å². The van der Waals surface area contributed by atoms with E-state index in [4.69, 9.17) is 4.74 Å². The van der Waals surface area contributed by atoms with Crippen LogP contribution < -0.4 is 0 Å². The van der Waals surface area contributed by atoms with E-state index in [0.717, 1.165) is 21.9 Å². The summed E-state index contributed by atoms with van der Waals surface area (Å²) in [5, 5.41) is 11.6. The van der Waals surface area contributed by atoms with Gasteiger partial charge in [-0.2, -0.15) is 0 Å². The van der Waals surface area contributed by atoms with E-state index in [0.29, 0.717) is 5.57 Å². The number of rotatable bonds is 4. The van der Waals surface area contributed by atoms with Crippen LogP contribution in [0.4, 0.5) is 0 Å². The topological polar surface area (TPSA) is 46.5 Å². The zero-order valence-corrected chi connectivity index (χ0v) is 10.8. The van der Waals surface area contributed by atoms with Crippen LogP contribution in [0.3, 0.4) is 0 Å². The molecule has 0 atom stereocenters. The van der Waals surface area contributed by atoms with Gasteiger partial charge in [-0.05, 0) is 28.8 Å². The Balaban J connectivity index is 2.33. The molecule has 0 bridgehead atoms. The number of aliphatic hydroxyl groups is 1. The van der Waals surface area contributed by atoms with Crippen molar-refractivity contribution < 1.29 is 14.6 Å². The second-order valence-corrected chi connectivity index (χ2v) is 4.44. The van der Waals surface area contributed by atoms with Crippen molar-refractivity contribution in [2.75, 3.05) is 0 Å². The predicted octanol–water partition coefficient (Wildman–Crippen LogP) is 2.95. The van der Waals surface area contributed by atoms with Crippen molar-refractivity contribution in [3.63, 3.8) is 0 Å². The van der Waals surface area contributed by atoms with Gasteiger partial charge < -0.3 is 9.84 Å². The molecule has 3 nitrogen and oxygen atoms in total. The molecule has 0 unspecified atom stereocenters. The largest absolute Gasteiger partial charge is 0.457 e. The number of aliphatic hydroxyl groups excluding tert-OH is 1. The van der Waals surface area contributed by atoms with Gasteiger partial charge in [-0.25, -0.2) is 4.79 Å². The molecule has 1 N–H and O–H groups in total. The number of ether oxygens (including phenoxy) is 1. The summed E-state index contributed by atoms with van der Waals surface area (Å²) in [6.07, 6.45) is 0. The minimum absolute atomic E-state index is 0.0820. The number of carbonyl (C=O) groups is 1. The molecule has 0 radical (unpaired) electrons. The average Bonchev–Trinajstić information content (AvgIpc) is 2.43. The fourth-order valence-electron chi connectivity index (χ4n) is 1.97. The van der Waals surface area contributed by atoms with Crippen molar-refractivity contribution in [2.45, 2.75) is 20.1 Å². The first-order valence-corrected chi connectivity index (χ1v) is 6.06. The quantitative estimate of drug-likeness (QED) is 0.675. The lowest BCUT2D eigenvalue weighted by Gasteiger charge is -2.11. The SMILES string of the molecule is C=C(C)C(=O)OCc1ccc2ccccc2c1CO. The van der Waals surface area contributed by atoms with Gasteiger partial charge >= 0.3 is 5.97 Å². The van der Waals surface area contributed by atoms with E-state index < -0.39 is 5.97 Å². The summed E-state index contributed by atoms with van der Waals surface area (Å²) in [6.45, 7) is 5.21. The molecule has 0 saturated heterocycles. The van der Waals surface area contributed by atoms with Crippen LogP contribution in [0, 0.1) is 0 Å². The molecule has 0 aliphatic heterocycles. The second-order valence-electron chi connectivity index (χ2n) is 4.44. The molecular weight excluding hydrogens is 240 g/mol. The maximum absolute atomic E-state index is 11.4. The summed E-state index contributed by atoms with van der Waals surface area (Å²) < 4.78 is 5.13. The maximum atomic E-state index is 11.4. The first-order valence-electron chi connectivity index (χ1n) is 6.06. The van der Waals surface area contributed by atoms with E-state index in [1.54, 1.807) is 6.92 Å². The van der Waals surface area contributed by atoms with Crippen LogP contribution in [-0.4, -0.2) is 11.1 Å². The zero-order chi connectivity index (χ0) is 13.8. The van der Waals surface area contributed by atoms with E-state index in [-0.39, 0.29) is 13.2 Å². The Bertz CT molecular complexity index is 629. The zero-order valence-electron chi connectivity index (χ0n) is 10.8. The first kappa shape index (κ1) is 13.3.